The van der Waals surface area contributed by atoms with Crippen LogP contribution in [0.5, 0.6) is 0 Å². The standard InChI is InChI=1S/C9H12FNO3S/c10-8-4-1-7(2-5-8)3-6-9(11)15(12,13)14/h1-2,4-5,9H,3,6,11H2,(H,12,13,14). The zero-order chi connectivity index (χ0) is 11.5. The molecule has 0 fully saturated rings. The van der Waals surface area contributed by atoms with Gasteiger partial charge in [0.15, 0.2) is 0 Å². The van der Waals surface area contributed by atoms with E-state index in [9.17, 15) is 12.8 Å². The molecular formula is C9H12FNO3S. The number of hydrogen-bond donors (Lipinski definition) is 2. The highest BCUT2D eigenvalue weighted by atomic mass is 32.2. The lowest BCUT2D eigenvalue weighted by Crippen LogP contribution is -2.30. The quantitative estimate of drug-likeness (QED) is 0.758. The Morgan fingerprint density at radius 2 is 1.87 bits per heavy atom. The van der Waals surface area contributed by atoms with Crippen LogP contribution in [0.2, 0.25) is 0 Å². The highest BCUT2D eigenvalue weighted by molar-refractivity contribution is 7.86. The second-order valence-corrected chi connectivity index (χ2v) is 4.85. The molecule has 0 bridgehead atoms. The van der Waals surface area contributed by atoms with Gasteiger partial charge in [0.25, 0.3) is 10.1 Å². The van der Waals surface area contributed by atoms with Crippen LogP contribution < -0.4 is 5.73 Å². The van der Waals surface area contributed by atoms with Crippen molar-refractivity contribution in [2.45, 2.75) is 18.2 Å². The first-order valence-electron chi connectivity index (χ1n) is 4.36. The maximum Gasteiger partial charge on any atom is 0.280 e. The van der Waals surface area contributed by atoms with E-state index in [4.69, 9.17) is 10.3 Å². The van der Waals surface area contributed by atoms with Crippen molar-refractivity contribution in [3.8, 4) is 0 Å². The van der Waals surface area contributed by atoms with Gasteiger partial charge in [0.05, 0.1) is 0 Å². The molecule has 0 heterocycles. The Bertz CT molecular complexity index is 415. The van der Waals surface area contributed by atoms with Gasteiger partial charge in [-0.1, -0.05) is 12.1 Å². The van der Waals surface area contributed by atoms with Gasteiger partial charge in [-0.05, 0) is 30.5 Å². The Balaban J connectivity index is 2.55. The average Bonchev–Trinajstić information content (AvgIpc) is 2.15. The molecule has 0 aromatic heterocycles. The molecule has 0 aliphatic heterocycles. The smallest absolute Gasteiger partial charge is 0.280 e. The van der Waals surface area contributed by atoms with E-state index in [0.29, 0.717) is 6.42 Å². The SMILES string of the molecule is NC(CCc1ccc(F)cc1)S(=O)(=O)O. The van der Waals surface area contributed by atoms with Gasteiger partial charge in [-0.3, -0.25) is 4.55 Å². The number of rotatable bonds is 4. The molecule has 84 valence electrons. The minimum atomic E-state index is -4.18. The summed E-state index contributed by atoms with van der Waals surface area (Å²) in [6.45, 7) is 0. The van der Waals surface area contributed by atoms with Gasteiger partial charge >= 0.3 is 0 Å². The lowest BCUT2D eigenvalue weighted by Gasteiger charge is -2.07. The average molecular weight is 233 g/mol. The summed E-state index contributed by atoms with van der Waals surface area (Å²) in [4.78, 5) is 0. The molecule has 0 saturated heterocycles. The van der Waals surface area contributed by atoms with E-state index in [2.05, 4.69) is 0 Å². The molecule has 15 heavy (non-hydrogen) atoms. The largest absolute Gasteiger partial charge is 0.313 e. The highest BCUT2D eigenvalue weighted by Crippen LogP contribution is 2.08. The number of nitrogens with two attached hydrogens (primary N) is 1. The first-order valence-corrected chi connectivity index (χ1v) is 5.86. The summed E-state index contributed by atoms with van der Waals surface area (Å²) in [5.41, 5.74) is 5.99. The normalized spacial score (nSPS) is 13.8. The van der Waals surface area contributed by atoms with Crippen LogP contribution in [0.25, 0.3) is 0 Å². The van der Waals surface area contributed by atoms with Gasteiger partial charge in [-0.15, -0.1) is 0 Å². The van der Waals surface area contributed by atoms with Gasteiger partial charge in [-0.2, -0.15) is 8.42 Å². The van der Waals surface area contributed by atoms with Crippen LogP contribution in [0.3, 0.4) is 0 Å². The lowest BCUT2D eigenvalue weighted by atomic mass is 10.1. The molecule has 0 amide bonds. The number of hydrogen-bond acceptors (Lipinski definition) is 3. The van der Waals surface area contributed by atoms with Crippen LogP contribution in [0.1, 0.15) is 12.0 Å². The first kappa shape index (κ1) is 12.1. The van der Waals surface area contributed by atoms with E-state index in [1.807, 2.05) is 0 Å². The van der Waals surface area contributed by atoms with Crippen molar-refractivity contribution in [2.75, 3.05) is 0 Å². The molecule has 0 aliphatic rings. The van der Waals surface area contributed by atoms with Crippen LogP contribution in [0, 0.1) is 5.82 Å². The molecule has 1 unspecified atom stereocenters. The summed E-state index contributed by atoms with van der Waals surface area (Å²) in [5, 5.41) is -1.29. The molecule has 0 spiro atoms. The fourth-order valence-electron chi connectivity index (χ4n) is 1.11. The van der Waals surface area contributed by atoms with Crippen molar-refractivity contribution in [2.24, 2.45) is 5.73 Å². The molecule has 1 aromatic carbocycles. The summed E-state index contributed by atoms with van der Waals surface area (Å²) in [5.74, 6) is -0.349. The van der Waals surface area contributed by atoms with E-state index >= 15 is 0 Å². The molecule has 1 aromatic rings. The fraction of sp³-hybridized carbons (Fsp3) is 0.333. The molecule has 6 heteroatoms. The maximum absolute atomic E-state index is 12.5. The molecule has 0 radical (unpaired) electrons. The summed E-state index contributed by atoms with van der Waals surface area (Å²) >= 11 is 0. The predicted octanol–water partition coefficient (Wildman–Crippen LogP) is 0.931. The van der Waals surface area contributed by atoms with Crippen molar-refractivity contribution in [3.63, 3.8) is 0 Å². The number of aryl methyl sites for hydroxylation is 1. The Hall–Kier alpha value is -0.980. The predicted molar refractivity (Wildman–Crippen MR) is 54.2 cm³/mol. The Labute approximate surface area is 87.7 Å². The van der Waals surface area contributed by atoms with E-state index in [0.717, 1.165) is 5.56 Å². The van der Waals surface area contributed by atoms with Crippen molar-refractivity contribution in [3.05, 3.63) is 35.6 Å². The number of benzene rings is 1. The molecule has 4 nitrogen and oxygen atoms in total. The van der Waals surface area contributed by atoms with E-state index in [1.165, 1.54) is 12.1 Å². The van der Waals surface area contributed by atoms with E-state index in [1.54, 1.807) is 12.1 Å². The summed E-state index contributed by atoms with van der Waals surface area (Å²) in [6.07, 6.45) is 0.478. The number of halogens is 1. The third-order valence-corrected chi connectivity index (χ3v) is 3.01. The second kappa shape index (κ2) is 4.69. The zero-order valence-corrected chi connectivity index (χ0v) is 8.74. The Kier molecular flexibility index (Phi) is 3.78. The zero-order valence-electron chi connectivity index (χ0n) is 7.93. The summed E-state index contributed by atoms with van der Waals surface area (Å²) < 4.78 is 42.3. The second-order valence-electron chi connectivity index (χ2n) is 3.22. The van der Waals surface area contributed by atoms with Gasteiger partial charge in [0.1, 0.15) is 11.2 Å². The van der Waals surface area contributed by atoms with Gasteiger partial charge in [-0.25, -0.2) is 4.39 Å². The fourth-order valence-corrected chi connectivity index (χ4v) is 1.52. The van der Waals surface area contributed by atoms with E-state index < -0.39 is 15.5 Å². The van der Waals surface area contributed by atoms with Crippen LogP contribution in [0.15, 0.2) is 24.3 Å². The van der Waals surface area contributed by atoms with Crippen LogP contribution in [-0.4, -0.2) is 18.3 Å². The minimum absolute atomic E-state index is 0.102. The van der Waals surface area contributed by atoms with Crippen LogP contribution in [-0.2, 0) is 16.5 Å². The molecule has 0 aliphatic carbocycles. The minimum Gasteiger partial charge on any atom is -0.313 e. The van der Waals surface area contributed by atoms with Crippen molar-refractivity contribution < 1.29 is 17.4 Å². The van der Waals surface area contributed by atoms with Gasteiger partial charge in [0, 0.05) is 0 Å². The van der Waals surface area contributed by atoms with Crippen LogP contribution in [0.4, 0.5) is 4.39 Å². The monoisotopic (exact) mass is 233 g/mol. The third kappa shape index (κ3) is 3.94. The molecular weight excluding hydrogens is 221 g/mol. The van der Waals surface area contributed by atoms with Crippen molar-refractivity contribution in [1.82, 2.24) is 0 Å². The van der Waals surface area contributed by atoms with Crippen molar-refractivity contribution >= 4 is 10.1 Å². The molecule has 0 saturated carbocycles. The lowest BCUT2D eigenvalue weighted by molar-refractivity contribution is 0.463. The molecule has 1 rings (SSSR count). The van der Waals surface area contributed by atoms with E-state index in [-0.39, 0.29) is 12.2 Å². The Morgan fingerprint density at radius 3 is 2.33 bits per heavy atom. The van der Waals surface area contributed by atoms with Crippen LogP contribution >= 0.6 is 0 Å². The van der Waals surface area contributed by atoms with Crippen molar-refractivity contribution in [1.29, 1.82) is 0 Å². The summed E-state index contributed by atoms with van der Waals surface area (Å²) in [7, 11) is -4.18. The topological polar surface area (TPSA) is 80.4 Å². The third-order valence-electron chi connectivity index (χ3n) is 2.01. The summed E-state index contributed by atoms with van der Waals surface area (Å²) in [6, 6.07) is 5.67. The first-order chi connectivity index (χ1) is 6.89. The Morgan fingerprint density at radius 1 is 1.33 bits per heavy atom. The van der Waals surface area contributed by atoms with Gasteiger partial charge < -0.3 is 5.73 Å². The van der Waals surface area contributed by atoms with Gasteiger partial charge in [0.2, 0.25) is 0 Å². The molecule has 1 atom stereocenters. The molecule has 3 N–H and O–H groups in total. The highest BCUT2D eigenvalue weighted by Gasteiger charge is 2.17. The maximum atomic E-state index is 12.5.